The van der Waals surface area contributed by atoms with Gasteiger partial charge in [0.25, 0.3) is 0 Å². The molecule has 0 N–H and O–H groups in total. The van der Waals surface area contributed by atoms with Gasteiger partial charge in [-0.05, 0) is 48.6 Å². The number of hydrogen-bond donors (Lipinski definition) is 0. The number of benzene rings is 1. The van der Waals surface area contributed by atoms with Gasteiger partial charge in [-0.2, -0.15) is 13.2 Å². The lowest BCUT2D eigenvalue weighted by Crippen LogP contribution is -2.41. The van der Waals surface area contributed by atoms with Gasteiger partial charge in [-0.15, -0.1) is 11.3 Å². The van der Waals surface area contributed by atoms with Gasteiger partial charge in [-0.3, -0.25) is 4.98 Å². The van der Waals surface area contributed by atoms with Gasteiger partial charge in [0, 0.05) is 33.6 Å². The summed E-state index contributed by atoms with van der Waals surface area (Å²) in [6, 6.07) is 11.1. The molecule has 0 bridgehead atoms. The fraction of sp³-hybridized carbons (Fsp3) is 0.273. The Kier molecular flexibility index (Phi) is 5.51. The van der Waals surface area contributed by atoms with E-state index in [-0.39, 0.29) is 12.8 Å². The molecule has 3 atom stereocenters. The van der Waals surface area contributed by atoms with Crippen LogP contribution in [0.3, 0.4) is 0 Å². The highest BCUT2D eigenvalue weighted by molar-refractivity contribution is 7.22. The highest BCUT2D eigenvalue weighted by Gasteiger charge is 2.55. The molecule has 1 aromatic carbocycles. The van der Waals surface area contributed by atoms with Gasteiger partial charge in [0.05, 0.1) is 0 Å². The lowest BCUT2D eigenvalue weighted by atomic mass is 10.0. The number of aromatic nitrogens is 1. The third kappa shape index (κ3) is 4.18. The maximum atomic E-state index is 13.7. The Morgan fingerprint density at radius 2 is 2.00 bits per heavy atom. The van der Waals surface area contributed by atoms with Crippen LogP contribution in [0.2, 0.25) is 0 Å². The van der Waals surface area contributed by atoms with Crippen molar-refractivity contribution < 1.29 is 27.4 Å². The summed E-state index contributed by atoms with van der Waals surface area (Å²) in [7, 11) is 0. The molecule has 30 heavy (non-hydrogen) atoms. The van der Waals surface area contributed by atoms with Gasteiger partial charge in [0.15, 0.2) is 0 Å². The number of esters is 1. The van der Waals surface area contributed by atoms with Crippen molar-refractivity contribution in [3.05, 3.63) is 61.4 Å². The second kappa shape index (κ2) is 8.10. The third-order valence-electron chi connectivity index (χ3n) is 5.07. The van der Waals surface area contributed by atoms with E-state index in [1.807, 2.05) is 24.3 Å². The van der Waals surface area contributed by atoms with Gasteiger partial charge >= 0.3 is 12.1 Å². The number of nitrogens with zero attached hydrogens (tertiary/aromatic N) is 1. The summed E-state index contributed by atoms with van der Waals surface area (Å²) >= 11 is 1.52. The van der Waals surface area contributed by atoms with Crippen LogP contribution in [0.5, 0.6) is 5.75 Å². The van der Waals surface area contributed by atoms with Gasteiger partial charge in [-0.1, -0.05) is 12.6 Å². The van der Waals surface area contributed by atoms with Crippen molar-refractivity contribution in [2.24, 2.45) is 5.92 Å². The number of carbonyl (C=O) groups excluding carboxylic acids is 1. The van der Waals surface area contributed by atoms with Crippen LogP contribution in [0.15, 0.2) is 61.4 Å². The minimum absolute atomic E-state index is 0.0842. The van der Waals surface area contributed by atoms with E-state index >= 15 is 0 Å². The quantitative estimate of drug-likeness (QED) is 0.378. The molecule has 2 heterocycles. The second-order valence-electron chi connectivity index (χ2n) is 7.03. The first-order valence-corrected chi connectivity index (χ1v) is 10.2. The molecule has 3 aromatic rings. The zero-order valence-corrected chi connectivity index (χ0v) is 16.6. The number of carbonyl (C=O) groups is 1. The number of fused-ring (bicyclic) bond motifs is 1. The molecule has 2 aromatic heterocycles. The molecule has 1 aliphatic rings. The highest BCUT2D eigenvalue weighted by Crippen LogP contribution is 2.43. The van der Waals surface area contributed by atoms with Crippen LogP contribution in [-0.4, -0.2) is 29.3 Å². The van der Waals surface area contributed by atoms with Crippen molar-refractivity contribution >= 4 is 27.4 Å². The van der Waals surface area contributed by atoms with E-state index in [9.17, 15) is 18.0 Å². The Morgan fingerprint density at radius 1 is 1.20 bits per heavy atom. The summed E-state index contributed by atoms with van der Waals surface area (Å²) in [5.41, 5.74) is 0.973. The number of ether oxygens (including phenoxy) is 2. The van der Waals surface area contributed by atoms with Crippen LogP contribution in [0.25, 0.3) is 20.5 Å². The van der Waals surface area contributed by atoms with Crippen LogP contribution in [0.1, 0.15) is 12.8 Å². The molecule has 1 saturated carbocycles. The molecule has 156 valence electrons. The van der Waals surface area contributed by atoms with Gasteiger partial charge < -0.3 is 9.47 Å². The summed E-state index contributed by atoms with van der Waals surface area (Å²) in [5, 5.41) is 0.975. The largest absolute Gasteiger partial charge is 0.490 e. The molecule has 0 amide bonds. The van der Waals surface area contributed by atoms with E-state index in [0.29, 0.717) is 5.75 Å². The first-order valence-electron chi connectivity index (χ1n) is 9.35. The molecule has 4 rings (SSSR count). The summed E-state index contributed by atoms with van der Waals surface area (Å²) < 4.78 is 52.6. The number of pyridine rings is 1. The number of alkyl halides is 3. The molecule has 8 heteroatoms. The van der Waals surface area contributed by atoms with E-state index < -0.39 is 30.3 Å². The normalized spacial score (nSPS) is 21.5. The van der Waals surface area contributed by atoms with Crippen molar-refractivity contribution in [1.82, 2.24) is 4.98 Å². The minimum atomic E-state index is -4.55. The van der Waals surface area contributed by atoms with Gasteiger partial charge in [0.2, 0.25) is 0 Å². The van der Waals surface area contributed by atoms with Crippen LogP contribution in [0, 0.1) is 5.92 Å². The molecular weight excluding hydrogens is 415 g/mol. The topological polar surface area (TPSA) is 48.4 Å². The Bertz CT molecular complexity index is 1060. The molecule has 1 aliphatic carbocycles. The Labute approximate surface area is 175 Å². The predicted molar refractivity (Wildman–Crippen MR) is 108 cm³/mol. The number of halogens is 3. The van der Waals surface area contributed by atoms with Crippen molar-refractivity contribution in [2.75, 3.05) is 0 Å². The average Bonchev–Trinajstić information content (AvgIpc) is 3.32. The van der Waals surface area contributed by atoms with Crippen molar-refractivity contribution in [3.63, 3.8) is 0 Å². The number of thiophene rings is 1. The van der Waals surface area contributed by atoms with Gasteiger partial charge in [0.1, 0.15) is 23.9 Å². The van der Waals surface area contributed by atoms with Crippen molar-refractivity contribution in [1.29, 1.82) is 0 Å². The molecule has 0 spiro atoms. The number of hydrogen-bond acceptors (Lipinski definition) is 5. The maximum Gasteiger partial charge on any atom is 0.398 e. The first kappa shape index (κ1) is 20.4. The standard InChI is InChI=1S/C22H18F3NO3S/c1-2-20(27)29-17-8-7-16(21(17)22(23,24)25)28-15-6-5-13-10-18(30-19(13)11-15)14-4-3-9-26-12-14/h2-6,9-12,16-17,21H,1,7-8H2. The van der Waals surface area contributed by atoms with Crippen LogP contribution in [-0.2, 0) is 9.53 Å². The van der Waals surface area contributed by atoms with E-state index in [4.69, 9.17) is 9.47 Å². The Balaban J connectivity index is 1.56. The summed E-state index contributed by atoms with van der Waals surface area (Å²) in [4.78, 5) is 16.5. The van der Waals surface area contributed by atoms with E-state index in [0.717, 1.165) is 26.6 Å². The minimum Gasteiger partial charge on any atom is -0.490 e. The van der Waals surface area contributed by atoms with Crippen molar-refractivity contribution in [2.45, 2.75) is 31.2 Å². The lowest BCUT2D eigenvalue weighted by molar-refractivity contribution is -0.214. The highest BCUT2D eigenvalue weighted by atomic mass is 32.1. The molecule has 1 fully saturated rings. The van der Waals surface area contributed by atoms with E-state index in [1.165, 1.54) is 11.3 Å². The molecule has 0 saturated heterocycles. The lowest BCUT2D eigenvalue weighted by Gasteiger charge is -2.27. The maximum absolute atomic E-state index is 13.7. The van der Waals surface area contributed by atoms with Crippen molar-refractivity contribution in [3.8, 4) is 16.2 Å². The molecule has 0 radical (unpaired) electrons. The SMILES string of the molecule is C=CC(=O)OC1CCC(Oc2ccc3cc(-c4cccnc4)sc3c2)C1C(F)(F)F. The summed E-state index contributed by atoms with van der Waals surface area (Å²) in [5.74, 6) is -2.39. The molecular formula is C22H18F3NO3S. The third-order valence-corrected chi connectivity index (χ3v) is 6.22. The van der Waals surface area contributed by atoms with Gasteiger partial charge in [-0.25, -0.2) is 4.79 Å². The Hall–Kier alpha value is -2.87. The predicted octanol–water partition coefficient (Wildman–Crippen LogP) is 5.78. The number of rotatable bonds is 5. The fourth-order valence-corrected chi connectivity index (χ4v) is 4.80. The molecule has 3 unspecified atom stereocenters. The Morgan fingerprint density at radius 3 is 2.70 bits per heavy atom. The average molecular weight is 433 g/mol. The summed E-state index contributed by atoms with van der Waals surface area (Å²) in [6.07, 6.45) is -2.39. The zero-order chi connectivity index (χ0) is 21.3. The zero-order valence-electron chi connectivity index (χ0n) is 15.8. The van der Waals surface area contributed by atoms with Crippen LogP contribution >= 0.6 is 11.3 Å². The second-order valence-corrected chi connectivity index (χ2v) is 8.12. The van der Waals surface area contributed by atoms with Crippen LogP contribution in [0.4, 0.5) is 13.2 Å². The summed E-state index contributed by atoms with van der Waals surface area (Å²) in [6.45, 7) is 3.24. The molecule has 4 nitrogen and oxygen atoms in total. The van der Waals surface area contributed by atoms with Crippen LogP contribution < -0.4 is 4.74 Å². The van der Waals surface area contributed by atoms with E-state index in [1.54, 1.807) is 24.5 Å². The fourth-order valence-electron chi connectivity index (χ4n) is 3.72. The monoisotopic (exact) mass is 433 g/mol. The first-order chi connectivity index (χ1) is 14.3. The van der Waals surface area contributed by atoms with E-state index in [2.05, 4.69) is 11.6 Å². The molecule has 0 aliphatic heterocycles. The smallest absolute Gasteiger partial charge is 0.398 e.